The van der Waals surface area contributed by atoms with Crippen molar-refractivity contribution in [2.45, 2.75) is 12.8 Å². The summed E-state index contributed by atoms with van der Waals surface area (Å²) in [5.41, 5.74) is 0.803. The molecule has 136 valence electrons. The lowest BCUT2D eigenvalue weighted by molar-refractivity contribution is -0.117. The average molecular weight is 385 g/mol. The van der Waals surface area contributed by atoms with Crippen LogP contribution < -0.4 is 4.90 Å². The molecule has 0 unspecified atom stereocenters. The van der Waals surface area contributed by atoms with Crippen molar-refractivity contribution in [3.63, 3.8) is 0 Å². The Hall–Kier alpha value is -3.19. The highest BCUT2D eigenvalue weighted by molar-refractivity contribution is 6.33. The molecule has 4 rings (SSSR count). The predicted octanol–water partition coefficient (Wildman–Crippen LogP) is 2.83. The standard InChI is InChI=1S/C19H13ClN2O5/c20-15-8-7-11(21-9-3-6-16(21)23)10-14(15)19(26)27-22-17(24)12-4-1-2-5-13(12)18(22)25/h1-2,4-5,7-8,10H,3,6,9H2. The van der Waals surface area contributed by atoms with Gasteiger partial charge in [0, 0.05) is 18.7 Å². The molecule has 1 saturated heterocycles. The van der Waals surface area contributed by atoms with Crippen LogP contribution in [0, 0.1) is 0 Å². The first-order chi connectivity index (χ1) is 13.0. The first kappa shape index (κ1) is 17.2. The highest BCUT2D eigenvalue weighted by atomic mass is 35.5. The van der Waals surface area contributed by atoms with Gasteiger partial charge in [-0.2, -0.15) is 0 Å². The van der Waals surface area contributed by atoms with E-state index in [4.69, 9.17) is 16.4 Å². The lowest BCUT2D eigenvalue weighted by Crippen LogP contribution is -2.33. The van der Waals surface area contributed by atoms with Crippen molar-refractivity contribution in [2.75, 3.05) is 11.4 Å². The Balaban J connectivity index is 1.60. The van der Waals surface area contributed by atoms with E-state index in [-0.39, 0.29) is 27.6 Å². The fourth-order valence-electron chi connectivity index (χ4n) is 3.14. The minimum Gasteiger partial charge on any atom is -0.324 e. The number of fused-ring (bicyclic) bond motifs is 1. The third-order valence-corrected chi connectivity index (χ3v) is 4.82. The van der Waals surface area contributed by atoms with Crippen LogP contribution in [0.15, 0.2) is 42.5 Å². The maximum atomic E-state index is 12.6. The maximum Gasteiger partial charge on any atom is 0.365 e. The number of rotatable bonds is 3. The summed E-state index contributed by atoms with van der Waals surface area (Å²) in [4.78, 5) is 55.7. The van der Waals surface area contributed by atoms with Crippen LogP contribution in [-0.4, -0.2) is 35.3 Å². The van der Waals surface area contributed by atoms with Crippen LogP contribution in [-0.2, 0) is 9.63 Å². The zero-order valence-electron chi connectivity index (χ0n) is 14.0. The predicted molar refractivity (Wildman–Crippen MR) is 95.4 cm³/mol. The lowest BCUT2D eigenvalue weighted by atomic mass is 10.1. The Labute approximate surface area is 159 Å². The van der Waals surface area contributed by atoms with Crippen LogP contribution in [0.2, 0.25) is 5.02 Å². The van der Waals surface area contributed by atoms with Crippen LogP contribution in [0.4, 0.5) is 5.69 Å². The van der Waals surface area contributed by atoms with Gasteiger partial charge in [0.15, 0.2) is 0 Å². The summed E-state index contributed by atoms with van der Waals surface area (Å²) < 4.78 is 0. The van der Waals surface area contributed by atoms with Crippen LogP contribution in [0.1, 0.15) is 43.9 Å². The van der Waals surface area contributed by atoms with Gasteiger partial charge in [0.1, 0.15) is 0 Å². The van der Waals surface area contributed by atoms with Crippen LogP contribution in [0.3, 0.4) is 0 Å². The third-order valence-electron chi connectivity index (χ3n) is 4.49. The number of hydrogen-bond acceptors (Lipinski definition) is 5. The molecule has 0 saturated carbocycles. The molecule has 1 fully saturated rings. The van der Waals surface area contributed by atoms with Gasteiger partial charge in [0.25, 0.3) is 11.8 Å². The van der Waals surface area contributed by atoms with Crippen molar-refractivity contribution in [1.82, 2.24) is 5.06 Å². The van der Waals surface area contributed by atoms with E-state index in [0.29, 0.717) is 23.7 Å². The summed E-state index contributed by atoms with van der Waals surface area (Å²) in [6.45, 7) is 0.549. The summed E-state index contributed by atoms with van der Waals surface area (Å²) in [6.07, 6.45) is 1.17. The number of halogens is 1. The normalized spacial score (nSPS) is 16.1. The number of imide groups is 1. The highest BCUT2D eigenvalue weighted by Gasteiger charge is 2.39. The SMILES string of the molecule is O=C(ON1C(=O)c2ccccc2C1=O)c1cc(N2CCCC2=O)ccc1Cl. The van der Waals surface area contributed by atoms with Gasteiger partial charge < -0.3 is 9.74 Å². The van der Waals surface area contributed by atoms with Gasteiger partial charge in [-0.1, -0.05) is 28.8 Å². The Kier molecular flexibility index (Phi) is 4.16. The quantitative estimate of drug-likeness (QED) is 0.760. The molecule has 2 aliphatic rings. The van der Waals surface area contributed by atoms with Gasteiger partial charge in [0.05, 0.1) is 21.7 Å². The van der Waals surface area contributed by atoms with Gasteiger partial charge in [0.2, 0.25) is 5.91 Å². The minimum atomic E-state index is -0.956. The van der Waals surface area contributed by atoms with E-state index in [1.54, 1.807) is 23.1 Å². The molecule has 2 heterocycles. The number of nitrogens with zero attached hydrogens (tertiary/aromatic N) is 2. The Bertz CT molecular complexity index is 968. The van der Waals surface area contributed by atoms with E-state index in [0.717, 1.165) is 6.42 Å². The van der Waals surface area contributed by atoms with Crippen molar-refractivity contribution < 1.29 is 24.0 Å². The molecule has 7 nitrogen and oxygen atoms in total. The molecule has 27 heavy (non-hydrogen) atoms. The summed E-state index contributed by atoms with van der Waals surface area (Å²) in [7, 11) is 0. The molecule has 2 aromatic rings. The second-order valence-corrected chi connectivity index (χ2v) is 6.55. The summed E-state index contributed by atoms with van der Waals surface area (Å²) in [5.74, 6) is -2.43. The molecular weight excluding hydrogens is 372 g/mol. The Morgan fingerprint density at radius 1 is 1.00 bits per heavy atom. The summed E-state index contributed by atoms with van der Waals surface area (Å²) >= 11 is 6.09. The molecule has 3 amide bonds. The van der Waals surface area contributed by atoms with Gasteiger partial charge in [-0.05, 0) is 36.8 Å². The van der Waals surface area contributed by atoms with E-state index >= 15 is 0 Å². The molecule has 0 bridgehead atoms. The van der Waals surface area contributed by atoms with Gasteiger partial charge in [-0.15, -0.1) is 0 Å². The smallest absolute Gasteiger partial charge is 0.324 e. The second-order valence-electron chi connectivity index (χ2n) is 6.14. The van der Waals surface area contributed by atoms with Crippen molar-refractivity contribution >= 4 is 41.0 Å². The van der Waals surface area contributed by atoms with Crippen LogP contribution >= 0.6 is 11.6 Å². The Morgan fingerprint density at radius 3 is 2.26 bits per heavy atom. The first-order valence-corrected chi connectivity index (χ1v) is 8.65. The zero-order valence-corrected chi connectivity index (χ0v) is 14.7. The van der Waals surface area contributed by atoms with E-state index in [2.05, 4.69) is 0 Å². The average Bonchev–Trinajstić information content (AvgIpc) is 3.20. The van der Waals surface area contributed by atoms with Crippen molar-refractivity contribution in [3.8, 4) is 0 Å². The fourth-order valence-corrected chi connectivity index (χ4v) is 3.34. The fraction of sp³-hybridized carbons (Fsp3) is 0.158. The number of hydrogen-bond donors (Lipinski definition) is 0. The molecule has 0 N–H and O–H groups in total. The molecule has 0 atom stereocenters. The lowest BCUT2D eigenvalue weighted by Gasteiger charge is -2.18. The molecule has 2 aliphatic heterocycles. The number of carbonyl (C=O) groups is 4. The second kappa shape index (κ2) is 6.51. The monoisotopic (exact) mass is 384 g/mol. The van der Waals surface area contributed by atoms with E-state index in [1.807, 2.05) is 0 Å². The number of hydroxylamine groups is 2. The highest BCUT2D eigenvalue weighted by Crippen LogP contribution is 2.29. The van der Waals surface area contributed by atoms with Gasteiger partial charge >= 0.3 is 5.97 Å². The number of carbonyl (C=O) groups excluding carboxylic acids is 4. The molecule has 0 aromatic heterocycles. The first-order valence-electron chi connectivity index (χ1n) is 8.27. The number of benzene rings is 2. The van der Waals surface area contributed by atoms with Crippen LogP contribution in [0.5, 0.6) is 0 Å². The van der Waals surface area contributed by atoms with Crippen LogP contribution in [0.25, 0.3) is 0 Å². The molecular formula is C19H13ClN2O5. The minimum absolute atomic E-state index is 0.0366. The van der Waals surface area contributed by atoms with Crippen molar-refractivity contribution in [3.05, 3.63) is 64.2 Å². The van der Waals surface area contributed by atoms with Gasteiger partial charge in [-0.3, -0.25) is 14.4 Å². The van der Waals surface area contributed by atoms with E-state index in [1.165, 1.54) is 24.3 Å². The van der Waals surface area contributed by atoms with E-state index in [9.17, 15) is 19.2 Å². The molecule has 2 aromatic carbocycles. The number of amides is 3. The molecule has 0 radical (unpaired) electrons. The molecule has 8 heteroatoms. The topological polar surface area (TPSA) is 84.0 Å². The molecule has 0 aliphatic carbocycles. The van der Waals surface area contributed by atoms with E-state index < -0.39 is 17.8 Å². The molecule has 0 spiro atoms. The number of anilines is 1. The third kappa shape index (κ3) is 2.86. The summed E-state index contributed by atoms with van der Waals surface area (Å²) in [6, 6.07) is 10.7. The van der Waals surface area contributed by atoms with Crippen molar-refractivity contribution in [2.24, 2.45) is 0 Å². The van der Waals surface area contributed by atoms with Gasteiger partial charge in [-0.25, -0.2) is 4.79 Å². The largest absolute Gasteiger partial charge is 0.365 e. The zero-order chi connectivity index (χ0) is 19.1. The van der Waals surface area contributed by atoms with Crippen molar-refractivity contribution in [1.29, 1.82) is 0 Å². The summed E-state index contributed by atoms with van der Waals surface area (Å²) in [5, 5.41) is 0.517. The Morgan fingerprint density at radius 2 is 1.67 bits per heavy atom. The maximum absolute atomic E-state index is 12.6.